The van der Waals surface area contributed by atoms with Gasteiger partial charge in [-0.05, 0) is 13.0 Å². The summed E-state index contributed by atoms with van der Waals surface area (Å²) >= 11 is 0.998. The molecule has 1 saturated heterocycles. The fourth-order valence-corrected chi connectivity index (χ4v) is 3.41. The van der Waals surface area contributed by atoms with Gasteiger partial charge >= 0.3 is 0 Å². The number of rotatable bonds is 5. The number of thioether (sulfide) groups is 1. The summed E-state index contributed by atoms with van der Waals surface area (Å²) in [6.45, 7) is 3.27. The third-order valence-corrected chi connectivity index (χ3v) is 4.69. The lowest BCUT2D eigenvalue weighted by molar-refractivity contribution is -0.124. The van der Waals surface area contributed by atoms with E-state index in [9.17, 15) is 14.4 Å². The number of nitrogens with zero attached hydrogens (tertiary/aromatic N) is 2. The van der Waals surface area contributed by atoms with Crippen LogP contribution in [0.25, 0.3) is 10.9 Å². The van der Waals surface area contributed by atoms with Crippen LogP contribution in [0.2, 0.25) is 0 Å². The Balaban J connectivity index is 1.69. The van der Waals surface area contributed by atoms with E-state index in [0.29, 0.717) is 5.56 Å². The summed E-state index contributed by atoms with van der Waals surface area (Å²) in [7, 11) is 0. The lowest BCUT2D eigenvalue weighted by Gasteiger charge is -2.12. The highest BCUT2D eigenvalue weighted by atomic mass is 32.2. The van der Waals surface area contributed by atoms with Gasteiger partial charge in [0.15, 0.2) is 0 Å². The van der Waals surface area contributed by atoms with Crippen LogP contribution in [-0.2, 0) is 11.3 Å². The molecule has 6 nitrogen and oxygen atoms in total. The minimum Gasteiger partial charge on any atom is -0.350 e. The van der Waals surface area contributed by atoms with Gasteiger partial charge in [0, 0.05) is 36.7 Å². The molecule has 1 fully saturated rings. The smallest absolute Gasteiger partial charge is 0.288 e. The second-order valence-electron chi connectivity index (χ2n) is 5.20. The standard InChI is InChI=1S/C16H17N3O3S/c1-2-18-9-12(11-5-3-4-6-13(11)18)15(21)17-7-8-19-14(20)10-23-16(19)22/h3-6,9H,2,7-8,10H2,1H3,(H,17,21). The zero-order valence-corrected chi connectivity index (χ0v) is 13.6. The average molecular weight is 331 g/mol. The molecule has 1 aromatic carbocycles. The van der Waals surface area contributed by atoms with E-state index in [0.717, 1.165) is 29.2 Å². The van der Waals surface area contributed by atoms with E-state index >= 15 is 0 Å². The molecule has 0 saturated carbocycles. The largest absolute Gasteiger partial charge is 0.350 e. The number of fused-ring (bicyclic) bond motifs is 1. The van der Waals surface area contributed by atoms with E-state index < -0.39 is 0 Å². The van der Waals surface area contributed by atoms with E-state index in [1.54, 1.807) is 0 Å². The SMILES string of the molecule is CCn1cc(C(=O)NCCN2C(=O)CSC2=O)c2ccccc21. The predicted octanol–water partition coefficient (Wildman–Crippen LogP) is 2.09. The first-order valence-corrected chi connectivity index (χ1v) is 8.43. The average Bonchev–Trinajstić information content (AvgIpc) is 3.09. The molecule has 0 bridgehead atoms. The van der Waals surface area contributed by atoms with Crippen molar-refractivity contribution >= 4 is 39.7 Å². The highest BCUT2D eigenvalue weighted by molar-refractivity contribution is 8.14. The third-order valence-electron chi connectivity index (χ3n) is 3.84. The Bertz CT molecular complexity index is 768. The van der Waals surface area contributed by atoms with Crippen LogP contribution in [0.5, 0.6) is 0 Å². The topological polar surface area (TPSA) is 71.4 Å². The van der Waals surface area contributed by atoms with Gasteiger partial charge in [-0.3, -0.25) is 19.3 Å². The van der Waals surface area contributed by atoms with Crippen molar-refractivity contribution in [2.24, 2.45) is 0 Å². The van der Waals surface area contributed by atoms with Crippen molar-refractivity contribution in [3.8, 4) is 0 Å². The van der Waals surface area contributed by atoms with Crippen LogP contribution in [0.15, 0.2) is 30.5 Å². The summed E-state index contributed by atoms with van der Waals surface area (Å²) < 4.78 is 2.02. The second-order valence-corrected chi connectivity index (χ2v) is 6.13. The first kappa shape index (κ1) is 15.6. The Morgan fingerprint density at radius 1 is 1.30 bits per heavy atom. The summed E-state index contributed by atoms with van der Waals surface area (Å²) in [5.41, 5.74) is 1.62. The molecule has 0 spiro atoms. The van der Waals surface area contributed by atoms with Gasteiger partial charge in [0.1, 0.15) is 0 Å². The molecule has 1 aliphatic heterocycles. The molecule has 1 N–H and O–H groups in total. The number of aryl methyl sites for hydroxylation is 1. The molecule has 3 amide bonds. The number of carbonyl (C=O) groups is 3. The van der Waals surface area contributed by atoms with Gasteiger partial charge in [-0.15, -0.1) is 0 Å². The van der Waals surface area contributed by atoms with Gasteiger partial charge in [0.25, 0.3) is 11.1 Å². The lowest BCUT2D eigenvalue weighted by Crippen LogP contribution is -2.37. The fraction of sp³-hybridized carbons (Fsp3) is 0.312. The second kappa shape index (κ2) is 6.45. The molecule has 2 heterocycles. The fourth-order valence-electron chi connectivity index (χ4n) is 2.66. The van der Waals surface area contributed by atoms with Crippen molar-refractivity contribution < 1.29 is 14.4 Å². The van der Waals surface area contributed by atoms with Crippen molar-refractivity contribution in [3.05, 3.63) is 36.0 Å². The molecule has 1 aliphatic rings. The number of benzene rings is 1. The van der Waals surface area contributed by atoms with E-state index in [4.69, 9.17) is 0 Å². The van der Waals surface area contributed by atoms with E-state index in [1.165, 1.54) is 4.90 Å². The number of amides is 3. The molecule has 7 heteroatoms. The Labute approximate surface area is 137 Å². The maximum absolute atomic E-state index is 12.4. The monoisotopic (exact) mass is 331 g/mol. The number of imide groups is 1. The first-order chi connectivity index (χ1) is 11.1. The van der Waals surface area contributed by atoms with Crippen molar-refractivity contribution in [1.82, 2.24) is 14.8 Å². The molecule has 120 valence electrons. The van der Waals surface area contributed by atoms with Crippen LogP contribution in [0, 0.1) is 0 Å². The van der Waals surface area contributed by atoms with Crippen LogP contribution < -0.4 is 5.32 Å². The Morgan fingerprint density at radius 3 is 2.78 bits per heavy atom. The molecule has 0 aliphatic carbocycles. The Morgan fingerprint density at radius 2 is 2.09 bits per heavy atom. The Hall–Kier alpha value is -2.28. The number of carbonyl (C=O) groups excluding carboxylic acids is 3. The number of nitrogens with one attached hydrogen (secondary N) is 1. The van der Waals surface area contributed by atoms with Gasteiger partial charge < -0.3 is 9.88 Å². The molecule has 2 aromatic rings. The normalized spacial score (nSPS) is 14.7. The number of hydrogen-bond donors (Lipinski definition) is 1. The molecule has 1 aromatic heterocycles. The van der Waals surface area contributed by atoms with Crippen LogP contribution in [0.3, 0.4) is 0 Å². The van der Waals surface area contributed by atoms with Crippen molar-refractivity contribution in [2.45, 2.75) is 13.5 Å². The van der Waals surface area contributed by atoms with Gasteiger partial charge in [-0.2, -0.15) is 0 Å². The minimum atomic E-state index is -0.244. The van der Waals surface area contributed by atoms with Crippen molar-refractivity contribution in [2.75, 3.05) is 18.8 Å². The molecular formula is C16H17N3O3S. The van der Waals surface area contributed by atoms with Crippen molar-refractivity contribution in [1.29, 1.82) is 0 Å². The Kier molecular flexibility index (Phi) is 4.38. The molecule has 0 unspecified atom stereocenters. The minimum absolute atomic E-state index is 0.191. The number of hydrogen-bond acceptors (Lipinski definition) is 4. The lowest BCUT2D eigenvalue weighted by atomic mass is 10.1. The summed E-state index contributed by atoms with van der Waals surface area (Å²) in [6, 6.07) is 7.74. The summed E-state index contributed by atoms with van der Waals surface area (Å²) in [4.78, 5) is 36.6. The van der Waals surface area contributed by atoms with Crippen molar-refractivity contribution in [3.63, 3.8) is 0 Å². The highest BCUT2D eigenvalue weighted by Crippen LogP contribution is 2.21. The van der Waals surface area contributed by atoms with Crippen LogP contribution in [0.4, 0.5) is 4.79 Å². The quantitative estimate of drug-likeness (QED) is 0.910. The van der Waals surface area contributed by atoms with Gasteiger partial charge in [-0.1, -0.05) is 30.0 Å². The number of para-hydroxylation sites is 1. The molecule has 23 heavy (non-hydrogen) atoms. The van der Waals surface area contributed by atoms with Crippen LogP contribution >= 0.6 is 11.8 Å². The van der Waals surface area contributed by atoms with Gasteiger partial charge in [0.2, 0.25) is 5.91 Å². The molecule has 3 rings (SSSR count). The van der Waals surface area contributed by atoms with Gasteiger partial charge in [-0.25, -0.2) is 0 Å². The molecule has 0 radical (unpaired) electrons. The summed E-state index contributed by atoms with van der Waals surface area (Å²) in [5.74, 6) is -0.200. The summed E-state index contributed by atoms with van der Waals surface area (Å²) in [6.07, 6.45) is 1.84. The van der Waals surface area contributed by atoms with E-state index in [1.807, 2.05) is 42.0 Å². The zero-order valence-electron chi connectivity index (χ0n) is 12.7. The van der Waals surface area contributed by atoms with Gasteiger partial charge in [0.05, 0.1) is 11.3 Å². The predicted molar refractivity (Wildman–Crippen MR) is 89.5 cm³/mol. The maximum Gasteiger partial charge on any atom is 0.288 e. The number of aromatic nitrogens is 1. The maximum atomic E-state index is 12.4. The summed E-state index contributed by atoms with van der Waals surface area (Å²) in [5, 5.41) is 3.44. The first-order valence-electron chi connectivity index (χ1n) is 7.45. The third kappa shape index (κ3) is 2.96. The van der Waals surface area contributed by atoms with Crippen LogP contribution in [0.1, 0.15) is 17.3 Å². The molecule has 0 atom stereocenters. The zero-order chi connectivity index (χ0) is 16.4. The highest BCUT2D eigenvalue weighted by Gasteiger charge is 2.29. The van der Waals surface area contributed by atoms with E-state index in [-0.39, 0.29) is 35.9 Å². The van der Waals surface area contributed by atoms with Crippen LogP contribution in [-0.4, -0.2) is 45.4 Å². The van der Waals surface area contributed by atoms with E-state index in [2.05, 4.69) is 5.32 Å². The molecular weight excluding hydrogens is 314 g/mol.